The van der Waals surface area contributed by atoms with E-state index in [0.717, 1.165) is 49.4 Å². The largest absolute Gasteiger partial charge is 0.457 e. The Hall–Kier alpha value is -2.83. The number of para-hydroxylation sites is 1. The van der Waals surface area contributed by atoms with Crippen LogP contribution in [0.25, 0.3) is 5.69 Å². The first-order valence-electron chi connectivity index (χ1n) is 11.5. The van der Waals surface area contributed by atoms with Crippen molar-refractivity contribution in [1.82, 2.24) is 19.4 Å². The minimum atomic E-state index is 0.0270. The molecule has 6 heteroatoms. The second-order valence-corrected chi connectivity index (χ2v) is 9.10. The normalized spacial score (nSPS) is 19.8. The van der Waals surface area contributed by atoms with Crippen molar-refractivity contribution in [2.75, 3.05) is 20.6 Å². The molecule has 1 atom stereocenters. The zero-order valence-corrected chi connectivity index (χ0v) is 19.3. The van der Waals surface area contributed by atoms with Gasteiger partial charge in [-0.2, -0.15) is 0 Å². The molecule has 3 aromatic rings. The molecular weight excluding hydrogens is 400 g/mol. The third-order valence-corrected chi connectivity index (χ3v) is 6.15. The van der Waals surface area contributed by atoms with Gasteiger partial charge < -0.3 is 15.0 Å². The van der Waals surface area contributed by atoms with Gasteiger partial charge in [-0.3, -0.25) is 9.13 Å². The monoisotopic (exact) mass is 434 g/mol. The fraction of sp³-hybridized carbons (Fsp3) is 0.423. The Morgan fingerprint density at radius 1 is 0.969 bits per heavy atom. The van der Waals surface area contributed by atoms with Crippen molar-refractivity contribution in [3.05, 3.63) is 77.5 Å². The minimum absolute atomic E-state index is 0.0270. The van der Waals surface area contributed by atoms with Gasteiger partial charge in [0.2, 0.25) is 0 Å². The van der Waals surface area contributed by atoms with Crippen LogP contribution in [0, 0.1) is 0 Å². The predicted octanol–water partition coefficient (Wildman–Crippen LogP) is 4.45. The van der Waals surface area contributed by atoms with Crippen LogP contribution in [0.15, 0.2) is 71.8 Å². The third-order valence-electron chi connectivity index (χ3n) is 6.15. The number of likely N-dealkylation sites (N-methyl/N-ethyl adjacent to an activating group) is 1. The van der Waals surface area contributed by atoms with Crippen molar-refractivity contribution in [2.45, 2.75) is 50.7 Å². The van der Waals surface area contributed by atoms with E-state index in [4.69, 9.17) is 4.74 Å². The summed E-state index contributed by atoms with van der Waals surface area (Å²) in [6.07, 6.45) is 8.07. The van der Waals surface area contributed by atoms with Crippen LogP contribution in [0.1, 0.15) is 38.6 Å². The summed E-state index contributed by atoms with van der Waals surface area (Å²) in [6.45, 7) is 3.28. The highest BCUT2D eigenvalue weighted by Crippen LogP contribution is 2.28. The van der Waals surface area contributed by atoms with Crippen LogP contribution in [0.5, 0.6) is 11.5 Å². The lowest BCUT2D eigenvalue weighted by atomic mass is 9.90. The molecule has 1 aliphatic carbocycles. The van der Waals surface area contributed by atoms with E-state index in [1.807, 2.05) is 71.6 Å². The first-order valence-corrected chi connectivity index (χ1v) is 11.5. The van der Waals surface area contributed by atoms with E-state index >= 15 is 0 Å². The van der Waals surface area contributed by atoms with E-state index < -0.39 is 0 Å². The topological polar surface area (TPSA) is 51.4 Å². The summed E-state index contributed by atoms with van der Waals surface area (Å²) in [5.41, 5.74) is 0.876. The molecule has 1 N–H and O–H groups in total. The molecule has 1 fully saturated rings. The maximum atomic E-state index is 13.1. The van der Waals surface area contributed by atoms with Crippen LogP contribution in [0.2, 0.25) is 0 Å². The van der Waals surface area contributed by atoms with Crippen molar-refractivity contribution in [2.24, 2.45) is 0 Å². The molecule has 32 heavy (non-hydrogen) atoms. The number of aromatic nitrogens is 2. The Bertz CT molecular complexity index is 1030. The number of hydrogen-bond acceptors (Lipinski definition) is 4. The molecule has 4 rings (SSSR count). The number of ether oxygens (including phenoxy) is 1. The summed E-state index contributed by atoms with van der Waals surface area (Å²) < 4.78 is 9.49. The molecule has 1 aromatic heterocycles. The van der Waals surface area contributed by atoms with E-state index in [2.05, 4.69) is 31.2 Å². The van der Waals surface area contributed by atoms with Crippen molar-refractivity contribution in [1.29, 1.82) is 0 Å². The molecule has 170 valence electrons. The summed E-state index contributed by atoms with van der Waals surface area (Å²) in [5, 5.41) is 3.74. The van der Waals surface area contributed by atoms with Gasteiger partial charge in [-0.05, 0) is 83.1 Å². The summed E-state index contributed by atoms with van der Waals surface area (Å²) in [4.78, 5) is 15.3. The number of hydrogen-bond donors (Lipinski definition) is 1. The first kappa shape index (κ1) is 22.4. The Balaban J connectivity index is 1.37. The summed E-state index contributed by atoms with van der Waals surface area (Å²) >= 11 is 0. The number of nitrogens with one attached hydrogen (secondary N) is 1. The molecule has 6 nitrogen and oxygen atoms in total. The first-order chi connectivity index (χ1) is 15.5. The molecule has 0 bridgehead atoms. The lowest BCUT2D eigenvalue weighted by molar-refractivity contribution is 0.255. The Kier molecular flexibility index (Phi) is 7.12. The molecule has 0 aliphatic heterocycles. The maximum absolute atomic E-state index is 13.1. The van der Waals surface area contributed by atoms with E-state index in [0.29, 0.717) is 12.1 Å². The molecule has 0 radical (unpaired) electrons. The Morgan fingerprint density at radius 2 is 1.62 bits per heavy atom. The van der Waals surface area contributed by atoms with Crippen LogP contribution in [-0.2, 0) is 0 Å². The fourth-order valence-corrected chi connectivity index (χ4v) is 4.69. The van der Waals surface area contributed by atoms with Gasteiger partial charge in [0.25, 0.3) is 0 Å². The van der Waals surface area contributed by atoms with Gasteiger partial charge in [0.05, 0.1) is 5.69 Å². The highest BCUT2D eigenvalue weighted by Gasteiger charge is 2.25. The highest BCUT2D eigenvalue weighted by atomic mass is 16.5. The van der Waals surface area contributed by atoms with Crippen molar-refractivity contribution < 1.29 is 4.74 Å². The molecule has 1 saturated carbocycles. The van der Waals surface area contributed by atoms with E-state index in [9.17, 15) is 4.79 Å². The molecule has 1 aliphatic rings. The number of rotatable bonds is 8. The van der Waals surface area contributed by atoms with E-state index in [1.54, 1.807) is 4.57 Å². The van der Waals surface area contributed by atoms with E-state index in [-0.39, 0.29) is 11.7 Å². The smallest absolute Gasteiger partial charge is 0.332 e. The van der Waals surface area contributed by atoms with Crippen molar-refractivity contribution in [3.8, 4) is 17.2 Å². The van der Waals surface area contributed by atoms with Crippen LogP contribution >= 0.6 is 0 Å². The van der Waals surface area contributed by atoms with E-state index in [1.165, 1.54) is 0 Å². The fourth-order valence-electron chi connectivity index (χ4n) is 4.69. The predicted molar refractivity (Wildman–Crippen MR) is 129 cm³/mol. The van der Waals surface area contributed by atoms with Crippen LogP contribution in [0.3, 0.4) is 0 Å². The van der Waals surface area contributed by atoms with Gasteiger partial charge in [0.1, 0.15) is 11.5 Å². The van der Waals surface area contributed by atoms with Crippen LogP contribution in [0.4, 0.5) is 0 Å². The molecule has 1 heterocycles. The highest BCUT2D eigenvalue weighted by molar-refractivity contribution is 5.39. The second kappa shape index (κ2) is 10.2. The Morgan fingerprint density at radius 3 is 2.28 bits per heavy atom. The van der Waals surface area contributed by atoms with Gasteiger partial charge in [-0.15, -0.1) is 0 Å². The molecule has 1 unspecified atom stereocenters. The Labute approximate surface area is 190 Å². The van der Waals surface area contributed by atoms with Crippen LogP contribution < -0.4 is 15.7 Å². The van der Waals surface area contributed by atoms with Gasteiger partial charge in [0.15, 0.2) is 0 Å². The summed E-state index contributed by atoms with van der Waals surface area (Å²) in [6, 6.07) is 18.6. The third kappa shape index (κ3) is 5.50. The minimum Gasteiger partial charge on any atom is -0.457 e. The zero-order valence-electron chi connectivity index (χ0n) is 19.3. The number of imidazole rings is 1. The van der Waals surface area contributed by atoms with Gasteiger partial charge in [-0.1, -0.05) is 18.2 Å². The average molecular weight is 435 g/mol. The SMILES string of the molecule is CC(CN(C)C)NC1CCC(n2ccn(-c3ccc(Oc4ccccc4)cc3)c2=O)CC1. The molecule has 2 aromatic carbocycles. The zero-order chi connectivity index (χ0) is 22.5. The molecule has 0 spiro atoms. The maximum Gasteiger partial charge on any atom is 0.332 e. The molecule has 0 amide bonds. The summed E-state index contributed by atoms with van der Waals surface area (Å²) in [7, 11) is 4.21. The standard InChI is InChI=1S/C26H34N4O2/c1-20(19-28(2)3)27-21-9-11-22(12-10-21)29-17-18-30(26(29)31)23-13-15-25(16-14-23)32-24-7-5-4-6-8-24/h4-8,13-18,20-22,27H,9-12,19H2,1-3H3. The van der Waals surface area contributed by atoms with Gasteiger partial charge in [0, 0.05) is 37.1 Å². The van der Waals surface area contributed by atoms with Gasteiger partial charge >= 0.3 is 5.69 Å². The number of nitrogens with zero attached hydrogens (tertiary/aromatic N) is 3. The molecular formula is C26H34N4O2. The van der Waals surface area contributed by atoms with Crippen LogP contribution in [-0.4, -0.2) is 46.8 Å². The van der Waals surface area contributed by atoms with Gasteiger partial charge in [-0.25, -0.2) is 4.79 Å². The average Bonchev–Trinajstić information content (AvgIpc) is 3.16. The van der Waals surface area contributed by atoms with Crippen molar-refractivity contribution >= 4 is 0 Å². The quantitative estimate of drug-likeness (QED) is 0.569. The van der Waals surface area contributed by atoms with Crippen molar-refractivity contribution in [3.63, 3.8) is 0 Å². The summed E-state index contributed by atoms with van der Waals surface area (Å²) in [5.74, 6) is 1.55. The second-order valence-electron chi connectivity index (χ2n) is 9.10. The lowest BCUT2D eigenvalue weighted by Crippen LogP contribution is -2.44. The molecule has 0 saturated heterocycles. The number of benzene rings is 2. The lowest BCUT2D eigenvalue weighted by Gasteiger charge is -2.32.